The Kier molecular flexibility index (Phi) is 7.59. The van der Waals surface area contributed by atoms with Gasteiger partial charge in [0.25, 0.3) is 0 Å². The standard InChI is InChI=1S/C63H51NO/c1-2-10-41(11-3-1)42-16-20-47(21-17-42)64(48-22-25-52-50-12-4-6-14-56(50)62(59(52)37-48)28-8-9-29-62)49-23-26-54-53-24-18-44(36-60(53)65-61(54)38-49)43-19-27-58-55(35-43)51-13-5-7-15-57(51)63(58)45-31-39-30-40(33-45)34-46(63)32-39/h1-7,10-27,35-40,45-46H,8-9,28-34H2. The predicted octanol–water partition coefficient (Wildman–Crippen LogP) is 17.0. The lowest BCUT2D eigenvalue weighted by Gasteiger charge is -2.61. The molecule has 8 aromatic carbocycles. The second kappa shape index (κ2) is 13.5. The smallest absolute Gasteiger partial charge is 0.137 e. The van der Waals surface area contributed by atoms with Gasteiger partial charge < -0.3 is 9.32 Å². The van der Waals surface area contributed by atoms with Crippen LogP contribution in [0.3, 0.4) is 0 Å². The number of anilines is 3. The van der Waals surface area contributed by atoms with Crippen LogP contribution in [-0.2, 0) is 10.8 Å². The van der Waals surface area contributed by atoms with Crippen LogP contribution >= 0.6 is 0 Å². The Morgan fingerprint density at radius 1 is 0.385 bits per heavy atom. The third-order valence-corrected chi connectivity index (χ3v) is 17.8. The van der Waals surface area contributed by atoms with Gasteiger partial charge in [0.1, 0.15) is 11.2 Å². The van der Waals surface area contributed by atoms with Crippen molar-refractivity contribution in [3.05, 3.63) is 198 Å². The zero-order chi connectivity index (χ0) is 42.4. The van der Waals surface area contributed by atoms with Crippen LogP contribution in [0.4, 0.5) is 17.1 Å². The summed E-state index contributed by atoms with van der Waals surface area (Å²) in [5.74, 6) is 3.44. The molecule has 7 aliphatic rings. The van der Waals surface area contributed by atoms with E-state index in [1.165, 1.54) is 119 Å². The van der Waals surface area contributed by atoms with E-state index in [0.29, 0.717) is 0 Å². The minimum absolute atomic E-state index is 0.0873. The zero-order valence-corrected chi connectivity index (χ0v) is 36.8. The molecule has 314 valence electrons. The number of benzene rings is 8. The lowest BCUT2D eigenvalue weighted by Crippen LogP contribution is -2.55. The topological polar surface area (TPSA) is 16.4 Å². The molecule has 65 heavy (non-hydrogen) atoms. The van der Waals surface area contributed by atoms with Crippen molar-refractivity contribution in [3.63, 3.8) is 0 Å². The zero-order valence-electron chi connectivity index (χ0n) is 36.8. The van der Waals surface area contributed by atoms with Gasteiger partial charge in [-0.3, -0.25) is 0 Å². The number of hydrogen-bond donors (Lipinski definition) is 0. The van der Waals surface area contributed by atoms with Crippen LogP contribution in [-0.4, -0.2) is 0 Å². The fraction of sp³-hybridized carbons (Fsp3) is 0.238. The fourth-order valence-electron chi connectivity index (χ4n) is 15.4. The van der Waals surface area contributed by atoms with Crippen molar-refractivity contribution in [1.29, 1.82) is 0 Å². The largest absolute Gasteiger partial charge is 0.456 e. The Hall–Kier alpha value is -6.64. The van der Waals surface area contributed by atoms with Crippen LogP contribution in [0.2, 0.25) is 0 Å². The Labute approximate surface area is 381 Å². The summed E-state index contributed by atoms with van der Waals surface area (Å²) in [6, 6.07) is 66.9. The van der Waals surface area contributed by atoms with Crippen molar-refractivity contribution in [1.82, 2.24) is 0 Å². The minimum atomic E-state index is 0.0873. The summed E-state index contributed by atoms with van der Waals surface area (Å²) in [4.78, 5) is 2.44. The van der Waals surface area contributed by atoms with Crippen molar-refractivity contribution in [2.24, 2.45) is 23.7 Å². The highest BCUT2D eigenvalue weighted by atomic mass is 16.3. The van der Waals surface area contributed by atoms with Gasteiger partial charge in [-0.05, 0) is 190 Å². The van der Waals surface area contributed by atoms with Gasteiger partial charge in [0.2, 0.25) is 0 Å². The predicted molar refractivity (Wildman–Crippen MR) is 267 cm³/mol. The maximum absolute atomic E-state index is 6.92. The number of fused-ring (bicyclic) bond motifs is 11. The minimum Gasteiger partial charge on any atom is -0.456 e. The molecule has 5 saturated carbocycles. The van der Waals surface area contributed by atoms with Gasteiger partial charge >= 0.3 is 0 Å². The molecule has 2 spiro atoms. The molecule has 2 heteroatoms. The van der Waals surface area contributed by atoms with E-state index in [9.17, 15) is 0 Å². The lowest BCUT2D eigenvalue weighted by atomic mass is 9.43. The quantitative estimate of drug-likeness (QED) is 0.172. The van der Waals surface area contributed by atoms with Crippen LogP contribution in [0.5, 0.6) is 0 Å². The summed E-state index contributed by atoms with van der Waals surface area (Å²) in [7, 11) is 0. The summed E-state index contributed by atoms with van der Waals surface area (Å²) >= 11 is 0. The molecular formula is C63H51NO. The Balaban J connectivity index is 0.832. The summed E-state index contributed by atoms with van der Waals surface area (Å²) in [5.41, 5.74) is 22.4. The van der Waals surface area contributed by atoms with Crippen molar-refractivity contribution < 1.29 is 4.42 Å². The van der Waals surface area contributed by atoms with E-state index in [2.05, 4.69) is 181 Å². The molecule has 0 radical (unpaired) electrons. The number of hydrogen-bond acceptors (Lipinski definition) is 2. The molecule has 0 amide bonds. The van der Waals surface area contributed by atoms with E-state index in [4.69, 9.17) is 4.42 Å². The maximum atomic E-state index is 6.92. The molecular weight excluding hydrogens is 787 g/mol. The monoisotopic (exact) mass is 837 g/mol. The highest BCUT2D eigenvalue weighted by Gasteiger charge is 2.61. The second-order valence-electron chi connectivity index (χ2n) is 20.8. The van der Waals surface area contributed by atoms with Gasteiger partial charge in [0, 0.05) is 44.7 Å². The third kappa shape index (κ3) is 5.06. The van der Waals surface area contributed by atoms with Crippen molar-refractivity contribution >= 4 is 39.0 Å². The molecule has 2 nitrogen and oxygen atoms in total. The maximum Gasteiger partial charge on any atom is 0.137 e. The molecule has 16 rings (SSSR count). The number of nitrogens with zero attached hydrogens (tertiary/aromatic N) is 1. The first kappa shape index (κ1) is 36.7. The number of rotatable bonds is 5. The van der Waals surface area contributed by atoms with Crippen LogP contribution in [0.1, 0.15) is 80.0 Å². The molecule has 0 aliphatic heterocycles. The molecule has 9 aromatic rings. The van der Waals surface area contributed by atoms with Crippen LogP contribution < -0.4 is 4.90 Å². The molecule has 0 atom stereocenters. The van der Waals surface area contributed by atoms with Gasteiger partial charge in [-0.1, -0.05) is 128 Å². The lowest BCUT2D eigenvalue weighted by molar-refractivity contribution is -0.0399. The highest BCUT2D eigenvalue weighted by molar-refractivity contribution is 6.07. The van der Waals surface area contributed by atoms with Crippen LogP contribution in [0.25, 0.3) is 66.4 Å². The molecule has 0 saturated heterocycles. The first-order valence-electron chi connectivity index (χ1n) is 24.5. The van der Waals surface area contributed by atoms with E-state index in [0.717, 1.165) is 57.0 Å². The number of furan rings is 1. The van der Waals surface area contributed by atoms with Crippen LogP contribution in [0.15, 0.2) is 180 Å². The molecule has 4 bridgehead atoms. The Bertz CT molecular complexity index is 3370. The molecule has 7 aliphatic carbocycles. The Morgan fingerprint density at radius 2 is 0.923 bits per heavy atom. The highest BCUT2D eigenvalue weighted by Crippen LogP contribution is 2.69. The molecule has 5 fully saturated rings. The fourth-order valence-corrected chi connectivity index (χ4v) is 15.4. The molecule has 0 N–H and O–H groups in total. The van der Waals surface area contributed by atoms with Gasteiger partial charge in [0.05, 0.1) is 0 Å². The SMILES string of the molecule is c1ccc(-c2ccc(N(c3ccc4c(c3)C3(CCCC3)c3ccccc3-4)c3ccc4c(c3)oc3cc(-c5ccc6c(c5)-c5ccccc5C65C6CC7CC(C6)CC5C7)ccc34)cc2)cc1. The van der Waals surface area contributed by atoms with Crippen molar-refractivity contribution in [3.8, 4) is 44.5 Å². The third-order valence-electron chi connectivity index (χ3n) is 17.8. The summed E-state index contributed by atoms with van der Waals surface area (Å²) < 4.78 is 6.92. The average molecular weight is 838 g/mol. The summed E-state index contributed by atoms with van der Waals surface area (Å²) in [6.45, 7) is 0. The van der Waals surface area contributed by atoms with E-state index >= 15 is 0 Å². The first-order valence-corrected chi connectivity index (χ1v) is 24.5. The first-order chi connectivity index (χ1) is 32.1. The van der Waals surface area contributed by atoms with Gasteiger partial charge in [0.15, 0.2) is 0 Å². The van der Waals surface area contributed by atoms with Crippen LogP contribution in [0, 0.1) is 23.7 Å². The van der Waals surface area contributed by atoms with E-state index in [-0.39, 0.29) is 10.8 Å². The van der Waals surface area contributed by atoms with E-state index in [1.807, 2.05) is 0 Å². The molecule has 1 aromatic heterocycles. The molecule has 0 unspecified atom stereocenters. The van der Waals surface area contributed by atoms with Gasteiger partial charge in [-0.2, -0.15) is 0 Å². The van der Waals surface area contributed by atoms with E-state index in [1.54, 1.807) is 11.1 Å². The average Bonchev–Trinajstić information content (AvgIpc) is 4.12. The van der Waals surface area contributed by atoms with Gasteiger partial charge in [-0.25, -0.2) is 0 Å². The summed E-state index contributed by atoms with van der Waals surface area (Å²) in [5, 5.41) is 2.31. The van der Waals surface area contributed by atoms with Gasteiger partial charge in [-0.15, -0.1) is 0 Å². The second-order valence-corrected chi connectivity index (χ2v) is 20.8. The Morgan fingerprint density at radius 3 is 1.69 bits per heavy atom. The van der Waals surface area contributed by atoms with E-state index < -0.39 is 0 Å². The normalized spacial score (nSPS) is 23.6. The van der Waals surface area contributed by atoms with Crippen molar-refractivity contribution in [2.45, 2.75) is 68.6 Å². The van der Waals surface area contributed by atoms with Crippen molar-refractivity contribution in [2.75, 3.05) is 4.90 Å². The molecule has 1 heterocycles. The summed E-state index contributed by atoms with van der Waals surface area (Å²) in [6.07, 6.45) is 12.1.